The van der Waals surface area contributed by atoms with E-state index in [9.17, 15) is 4.79 Å². The van der Waals surface area contributed by atoms with Crippen molar-refractivity contribution in [3.8, 4) is 5.75 Å². The number of carbonyl (C=O) groups is 1. The van der Waals surface area contributed by atoms with Gasteiger partial charge in [-0.15, -0.1) is 0 Å². The Morgan fingerprint density at radius 1 is 1.14 bits per heavy atom. The molecule has 22 heavy (non-hydrogen) atoms. The topological polar surface area (TPSA) is 58.6 Å². The summed E-state index contributed by atoms with van der Waals surface area (Å²) < 4.78 is 5.59. The second-order valence-electron chi connectivity index (χ2n) is 5.25. The summed E-state index contributed by atoms with van der Waals surface area (Å²) in [5.41, 5.74) is 3.84. The van der Waals surface area contributed by atoms with E-state index in [0.717, 1.165) is 11.3 Å². The van der Waals surface area contributed by atoms with Crippen molar-refractivity contribution in [2.75, 3.05) is 11.9 Å². The van der Waals surface area contributed by atoms with Gasteiger partial charge < -0.3 is 15.2 Å². The highest BCUT2D eigenvalue weighted by Gasteiger charge is 2.04. The molecule has 2 aromatic carbocycles. The highest BCUT2D eigenvalue weighted by atomic mass is 16.5. The van der Waals surface area contributed by atoms with Crippen LogP contribution in [0.4, 0.5) is 5.69 Å². The molecule has 1 amide bonds. The lowest BCUT2D eigenvalue weighted by Gasteiger charge is -2.09. The molecule has 2 aromatic rings. The Balaban J connectivity index is 1.81. The maximum Gasteiger partial charge on any atom is 0.227 e. The molecule has 4 nitrogen and oxygen atoms in total. The monoisotopic (exact) mass is 299 g/mol. The molecule has 0 saturated heterocycles. The number of hydrogen-bond donors (Lipinski definition) is 2. The third kappa shape index (κ3) is 4.60. The zero-order chi connectivity index (χ0) is 15.9. The Labute approximate surface area is 130 Å². The fraction of sp³-hybridized carbons (Fsp3) is 0.278. The van der Waals surface area contributed by atoms with Crippen molar-refractivity contribution in [1.82, 2.24) is 0 Å². The van der Waals surface area contributed by atoms with E-state index >= 15 is 0 Å². The Morgan fingerprint density at radius 3 is 2.68 bits per heavy atom. The predicted octanol–water partition coefficient (Wildman–Crippen LogP) is 3.20. The zero-order valence-corrected chi connectivity index (χ0v) is 12.9. The third-order valence-electron chi connectivity index (χ3n) is 3.47. The first-order valence-electron chi connectivity index (χ1n) is 7.28. The number of hydrogen-bond acceptors (Lipinski definition) is 3. The van der Waals surface area contributed by atoms with Gasteiger partial charge in [0.05, 0.1) is 19.6 Å². The molecule has 0 fully saturated rings. The van der Waals surface area contributed by atoms with Gasteiger partial charge in [-0.3, -0.25) is 4.79 Å². The maximum absolute atomic E-state index is 11.9. The number of amides is 1. The normalized spacial score (nSPS) is 10.3. The van der Waals surface area contributed by atoms with Crippen molar-refractivity contribution in [3.63, 3.8) is 0 Å². The van der Waals surface area contributed by atoms with Crippen LogP contribution in [0.1, 0.15) is 23.1 Å². The van der Waals surface area contributed by atoms with E-state index in [2.05, 4.69) is 5.32 Å². The number of aliphatic hydroxyl groups is 1. The molecule has 0 saturated carbocycles. The summed E-state index contributed by atoms with van der Waals surface area (Å²) in [5, 5.41) is 11.9. The van der Waals surface area contributed by atoms with Gasteiger partial charge in [0.15, 0.2) is 0 Å². The lowest BCUT2D eigenvalue weighted by atomic mass is 10.1. The summed E-state index contributed by atoms with van der Waals surface area (Å²) in [5.74, 6) is 0.664. The van der Waals surface area contributed by atoms with E-state index in [1.165, 1.54) is 11.1 Å². The van der Waals surface area contributed by atoms with E-state index < -0.39 is 0 Å². The van der Waals surface area contributed by atoms with Gasteiger partial charge in [0.1, 0.15) is 5.75 Å². The largest absolute Gasteiger partial charge is 0.493 e. The van der Waals surface area contributed by atoms with Crippen LogP contribution in [0.2, 0.25) is 0 Å². The number of aliphatic hydroxyl groups excluding tert-OH is 1. The molecule has 0 radical (unpaired) electrons. The van der Waals surface area contributed by atoms with Gasteiger partial charge in [-0.1, -0.05) is 18.2 Å². The zero-order valence-electron chi connectivity index (χ0n) is 12.9. The van der Waals surface area contributed by atoms with Crippen LogP contribution in [0.3, 0.4) is 0 Å². The van der Waals surface area contributed by atoms with E-state index in [1.807, 2.05) is 32.0 Å². The molecular weight excluding hydrogens is 278 g/mol. The Morgan fingerprint density at radius 2 is 1.95 bits per heavy atom. The molecule has 0 bridgehead atoms. The summed E-state index contributed by atoms with van der Waals surface area (Å²) in [6, 6.07) is 13.0. The van der Waals surface area contributed by atoms with Gasteiger partial charge in [-0.2, -0.15) is 0 Å². The molecule has 2 N–H and O–H groups in total. The molecular formula is C18H21NO3. The minimum Gasteiger partial charge on any atom is -0.493 e. The van der Waals surface area contributed by atoms with Gasteiger partial charge >= 0.3 is 0 Å². The second kappa shape index (κ2) is 7.61. The second-order valence-corrected chi connectivity index (χ2v) is 5.25. The minimum absolute atomic E-state index is 0.0421. The first-order chi connectivity index (χ1) is 10.6. The first-order valence-corrected chi connectivity index (χ1v) is 7.28. The van der Waals surface area contributed by atoms with Gasteiger partial charge in [0.25, 0.3) is 0 Å². The summed E-state index contributed by atoms with van der Waals surface area (Å²) in [4.78, 5) is 11.9. The van der Waals surface area contributed by atoms with Crippen molar-refractivity contribution < 1.29 is 14.6 Å². The van der Waals surface area contributed by atoms with Crippen LogP contribution in [0.15, 0.2) is 42.5 Å². The lowest BCUT2D eigenvalue weighted by molar-refractivity contribution is -0.116. The summed E-state index contributed by atoms with van der Waals surface area (Å²) in [6.45, 7) is 4.36. The Kier molecular flexibility index (Phi) is 5.55. The number of nitrogens with one attached hydrogen (secondary N) is 1. The number of aryl methyl sites for hydroxylation is 2. The number of benzene rings is 2. The quantitative estimate of drug-likeness (QED) is 0.861. The van der Waals surface area contributed by atoms with Crippen LogP contribution < -0.4 is 10.1 Å². The van der Waals surface area contributed by atoms with Crippen molar-refractivity contribution in [2.45, 2.75) is 26.9 Å². The Bertz CT molecular complexity index is 653. The van der Waals surface area contributed by atoms with Crippen LogP contribution in [-0.4, -0.2) is 17.6 Å². The van der Waals surface area contributed by atoms with Gasteiger partial charge in [0.2, 0.25) is 5.91 Å². The van der Waals surface area contributed by atoms with Gasteiger partial charge in [-0.05, 0) is 54.8 Å². The van der Waals surface area contributed by atoms with E-state index in [-0.39, 0.29) is 18.9 Å². The highest BCUT2D eigenvalue weighted by Crippen LogP contribution is 2.16. The molecule has 0 spiro atoms. The molecule has 2 rings (SSSR count). The Hall–Kier alpha value is -2.33. The molecule has 0 aliphatic rings. The van der Waals surface area contributed by atoms with Gasteiger partial charge in [0, 0.05) is 5.69 Å². The molecule has 0 unspecified atom stereocenters. The fourth-order valence-electron chi connectivity index (χ4n) is 2.04. The lowest BCUT2D eigenvalue weighted by Crippen LogP contribution is -2.15. The van der Waals surface area contributed by atoms with Crippen LogP contribution in [0.5, 0.6) is 5.75 Å². The van der Waals surface area contributed by atoms with E-state index in [1.54, 1.807) is 24.3 Å². The van der Waals surface area contributed by atoms with Crippen LogP contribution >= 0.6 is 0 Å². The fourth-order valence-corrected chi connectivity index (χ4v) is 2.04. The SMILES string of the molecule is Cc1ccc(OCCC(=O)Nc2cccc(CO)c2)cc1C. The van der Waals surface area contributed by atoms with E-state index in [0.29, 0.717) is 12.3 Å². The molecule has 116 valence electrons. The van der Waals surface area contributed by atoms with Crippen molar-refractivity contribution in [2.24, 2.45) is 0 Å². The number of carbonyl (C=O) groups excluding carboxylic acids is 1. The summed E-state index contributed by atoms with van der Waals surface area (Å²) in [6.07, 6.45) is 0.274. The van der Waals surface area contributed by atoms with Crippen molar-refractivity contribution in [3.05, 3.63) is 59.2 Å². The standard InChI is InChI=1S/C18H21NO3/c1-13-6-7-17(10-14(13)2)22-9-8-18(21)19-16-5-3-4-15(11-16)12-20/h3-7,10-11,20H,8-9,12H2,1-2H3,(H,19,21). The predicted molar refractivity (Wildman–Crippen MR) is 87.0 cm³/mol. The summed E-state index contributed by atoms with van der Waals surface area (Å²) >= 11 is 0. The molecule has 0 aromatic heterocycles. The minimum atomic E-state index is -0.112. The average Bonchev–Trinajstić information content (AvgIpc) is 2.51. The van der Waals surface area contributed by atoms with Crippen LogP contribution in [0, 0.1) is 13.8 Å². The maximum atomic E-state index is 11.9. The molecule has 0 aliphatic heterocycles. The van der Waals surface area contributed by atoms with Gasteiger partial charge in [-0.25, -0.2) is 0 Å². The van der Waals surface area contributed by atoms with Crippen LogP contribution in [-0.2, 0) is 11.4 Å². The smallest absolute Gasteiger partial charge is 0.227 e. The number of ether oxygens (including phenoxy) is 1. The first kappa shape index (κ1) is 16.0. The molecule has 0 aliphatic carbocycles. The highest BCUT2D eigenvalue weighted by molar-refractivity contribution is 5.90. The molecule has 0 atom stereocenters. The number of rotatable bonds is 6. The third-order valence-corrected chi connectivity index (χ3v) is 3.47. The van der Waals surface area contributed by atoms with E-state index in [4.69, 9.17) is 9.84 Å². The molecule has 0 heterocycles. The average molecular weight is 299 g/mol. The van der Waals surface area contributed by atoms with Crippen molar-refractivity contribution in [1.29, 1.82) is 0 Å². The summed E-state index contributed by atoms with van der Waals surface area (Å²) in [7, 11) is 0. The van der Waals surface area contributed by atoms with Crippen molar-refractivity contribution >= 4 is 11.6 Å². The molecule has 4 heteroatoms. The number of anilines is 1. The van der Waals surface area contributed by atoms with Crippen LogP contribution in [0.25, 0.3) is 0 Å².